The summed E-state index contributed by atoms with van der Waals surface area (Å²) in [5, 5.41) is 6.98. The van der Waals surface area contributed by atoms with Crippen molar-refractivity contribution in [2.24, 2.45) is 7.05 Å². The Balaban J connectivity index is 1.92. The number of hydrazine groups is 1. The van der Waals surface area contributed by atoms with Crippen LogP contribution in [-0.2, 0) is 21.4 Å². The number of hydrogen-bond donors (Lipinski definition) is 2. The summed E-state index contributed by atoms with van der Waals surface area (Å²) in [7, 11) is 1.67. The van der Waals surface area contributed by atoms with Crippen LogP contribution < -0.4 is 10.7 Å². The molecule has 10 heteroatoms. The van der Waals surface area contributed by atoms with Crippen molar-refractivity contribution in [1.29, 1.82) is 0 Å². The predicted molar refractivity (Wildman–Crippen MR) is 80.4 cm³/mol. The zero-order valence-electron chi connectivity index (χ0n) is 13.9. The summed E-state index contributed by atoms with van der Waals surface area (Å²) in [5.41, 5.74) is 1.89. The molecule has 0 spiro atoms. The summed E-state index contributed by atoms with van der Waals surface area (Å²) >= 11 is 0. The Morgan fingerprint density at radius 1 is 1.42 bits per heavy atom. The van der Waals surface area contributed by atoms with Gasteiger partial charge in [-0.25, -0.2) is 9.59 Å². The zero-order valence-corrected chi connectivity index (χ0v) is 13.9. The first-order valence-electron chi connectivity index (χ1n) is 7.31. The van der Waals surface area contributed by atoms with E-state index in [0.717, 1.165) is 0 Å². The van der Waals surface area contributed by atoms with Gasteiger partial charge in [0.2, 0.25) is 0 Å². The van der Waals surface area contributed by atoms with E-state index in [1.165, 1.54) is 10.9 Å². The fraction of sp³-hybridized carbons (Fsp3) is 0.500. The van der Waals surface area contributed by atoms with E-state index in [4.69, 9.17) is 4.74 Å². The maximum Gasteiger partial charge on any atom is 0.344 e. The number of carbonyl (C=O) groups is 4. The number of nitrogens with zero attached hydrogens (tertiary/aromatic N) is 3. The third kappa shape index (κ3) is 3.07. The molecule has 1 unspecified atom stereocenters. The van der Waals surface area contributed by atoms with Crippen molar-refractivity contribution in [3.05, 3.63) is 17.5 Å². The van der Waals surface area contributed by atoms with E-state index >= 15 is 0 Å². The number of ether oxygens (including phenoxy) is 1. The molecule has 1 saturated heterocycles. The number of nitrogens with one attached hydrogen (secondary N) is 2. The average Bonchev–Trinajstić information content (AvgIpc) is 2.98. The molecule has 1 aromatic rings. The van der Waals surface area contributed by atoms with Gasteiger partial charge in [0.15, 0.2) is 6.61 Å². The molecule has 0 saturated carbocycles. The Bertz CT molecular complexity index is 712. The molecule has 4 amide bonds. The molecule has 2 N–H and O–H groups in total. The molecule has 1 aliphatic rings. The van der Waals surface area contributed by atoms with Gasteiger partial charge in [-0.05, 0) is 20.3 Å². The number of aromatic nitrogens is 2. The first kappa shape index (κ1) is 17.4. The number of rotatable bonds is 5. The lowest BCUT2D eigenvalue weighted by Crippen LogP contribution is -2.49. The van der Waals surface area contributed by atoms with Crippen LogP contribution in [0.2, 0.25) is 0 Å². The van der Waals surface area contributed by atoms with Crippen molar-refractivity contribution in [1.82, 2.24) is 25.5 Å². The molecule has 1 atom stereocenters. The summed E-state index contributed by atoms with van der Waals surface area (Å²) in [6.07, 6.45) is 1.71. The third-order valence-electron chi connectivity index (χ3n) is 3.99. The minimum Gasteiger partial charge on any atom is -0.452 e. The van der Waals surface area contributed by atoms with Crippen LogP contribution in [0.15, 0.2) is 6.20 Å². The first-order chi connectivity index (χ1) is 11.2. The van der Waals surface area contributed by atoms with E-state index in [9.17, 15) is 19.2 Å². The molecule has 1 aromatic heterocycles. The molecule has 2 heterocycles. The van der Waals surface area contributed by atoms with Gasteiger partial charge in [-0.15, -0.1) is 0 Å². The first-order valence-corrected chi connectivity index (χ1v) is 7.31. The fourth-order valence-electron chi connectivity index (χ4n) is 2.09. The van der Waals surface area contributed by atoms with Crippen molar-refractivity contribution in [3.8, 4) is 0 Å². The van der Waals surface area contributed by atoms with Crippen molar-refractivity contribution in [2.45, 2.75) is 32.7 Å². The number of urea groups is 1. The highest BCUT2D eigenvalue weighted by Gasteiger charge is 2.47. The monoisotopic (exact) mass is 337 g/mol. The maximum atomic E-state index is 12.1. The van der Waals surface area contributed by atoms with Crippen LogP contribution in [0.3, 0.4) is 0 Å². The Morgan fingerprint density at radius 2 is 2.08 bits per heavy atom. The van der Waals surface area contributed by atoms with Gasteiger partial charge in [-0.1, -0.05) is 6.92 Å². The zero-order chi connectivity index (χ0) is 18.1. The molecule has 1 fully saturated rings. The third-order valence-corrected chi connectivity index (χ3v) is 3.99. The largest absolute Gasteiger partial charge is 0.452 e. The average molecular weight is 337 g/mol. The molecule has 0 radical (unpaired) electrons. The highest BCUT2D eigenvalue weighted by molar-refractivity contribution is 6.07. The van der Waals surface area contributed by atoms with Crippen LogP contribution in [0, 0.1) is 6.92 Å². The molecule has 1 aliphatic heterocycles. The van der Waals surface area contributed by atoms with Gasteiger partial charge in [0, 0.05) is 12.7 Å². The van der Waals surface area contributed by atoms with E-state index in [-0.39, 0.29) is 5.56 Å². The number of esters is 1. The van der Waals surface area contributed by atoms with Crippen LogP contribution in [-0.4, -0.2) is 50.7 Å². The van der Waals surface area contributed by atoms with Gasteiger partial charge in [0.25, 0.3) is 11.8 Å². The maximum absolute atomic E-state index is 12.1. The molecular weight excluding hydrogens is 318 g/mol. The standard InChI is InChI=1S/C14H19N5O5/c1-5-14(3)12(22)19(13(23)16-14)17-10(20)7-24-11(21)9-6-15-18(4)8(9)2/h6H,5,7H2,1-4H3,(H,16,23)(H,17,20). The Morgan fingerprint density at radius 3 is 2.58 bits per heavy atom. The predicted octanol–water partition coefficient (Wildman–Crippen LogP) is -0.363. The summed E-state index contributed by atoms with van der Waals surface area (Å²) in [5.74, 6) is -2.09. The lowest BCUT2D eigenvalue weighted by molar-refractivity contribution is -0.139. The minimum absolute atomic E-state index is 0.235. The Kier molecular flexibility index (Phi) is 4.58. The molecule has 2 rings (SSSR count). The van der Waals surface area contributed by atoms with Gasteiger partial charge in [-0.2, -0.15) is 10.1 Å². The summed E-state index contributed by atoms with van der Waals surface area (Å²) in [6.45, 7) is 4.35. The van der Waals surface area contributed by atoms with E-state index in [0.29, 0.717) is 17.1 Å². The van der Waals surface area contributed by atoms with Crippen LogP contribution in [0.5, 0.6) is 0 Å². The smallest absolute Gasteiger partial charge is 0.344 e. The highest BCUT2D eigenvalue weighted by atomic mass is 16.5. The molecule has 130 valence electrons. The Hall–Kier alpha value is -2.91. The van der Waals surface area contributed by atoms with E-state index in [2.05, 4.69) is 15.8 Å². The van der Waals surface area contributed by atoms with Gasteiger partial charge in [-0.3, -0.25) is 19.7 Å². The van der Waals surface area contributed by atoms with Gasteiger partial charge in [0.05, 0.1) is 6.20 Å². The summed E-state index contributed by atoms with van der Waals surface area (Å²) in [4.78, 5) is 47.6. The van der Waals surface area contributed by atoms with Crippen LogP contribution in [0.25, 0.3) is 0 Å². The minimum atomic E-state index is -1.06. The SMILES string of the molecule is CCC1(C)NC(=O)N(NC(=O)COC(=O)c2cnn(C)c2C)C1=O. The van der Waals surface area contributed by atoms with Crippen LogP contribution in [0.1, 0.15) is 36.3 Å². The number of imide groups is 1. The fourth-order valence-corrected chi connectivity index (χ4v) is 2.09. The van der Waals surface area contributed by atoms with E-state index in [1.807, 2.05) is 0 Å². The molecule has 0 aliphatic carbocycles. The number of hydrogen-bond acceptors (Lipinski definition) is 6. The summed E-state index contributed by atoms with van der Waals surface area (Å²) < 4.78 is 6.36. The van der Waals surface area contributed by atoms with Crippen LogP contribution in [0.4, 0.5) is 4.79 Å². The van der Waals surface area contributed by atoms with Crippen molar-refractivity contribution in [3.63, 3.8) is 0 Å². The van der Waals surface area contributed by atoms with Crippen molar-refractivity contribution >= 4 is 23.8 Å². The molecule has 24 heavy (non-hydrogen) atoms. The lowest BCUT2D eigenvalue weighted by Gasteiger charge is -2.19. The van der Waals surface area contributed by atoms with E-state index in [1.54, 1.807) is 27.8 Å². The van der Waals surface area contributed by atoms with Crippen LogP contribution >= 0.6 is 0 Å². The molecule has 10 nitrogen and oxygen atoms in total. The highest BCUT2D eigenvalue weighted by Crippen LogP contribution is 2.19. The summed E-state index contributed by atoms with van der Waals surface area (Å²) in [6, 6.07) is -0.730. The Labute approximate surface area is 138 Å². The molecular formula is C14H19N5O5. The molecule has 0 aromatic carbocycles. The van der Waals surface area contributed by atoms with Gasteiger partial charge < -0.3 is 10.1 Å². The quantitative estimate of drug-likeness (QED) is 0.559. The number of aryl methyl sites for hydroxylation is 1. The normalized spacial score (nSPS) is 20.1. The topological polar surface area (TPSA) is 123 Å². The lowest BCUT2D eigenvalue weighted by atomic mass is 10.00. The van der Waals surface area contributed by atoms with Crippen molar-refractivity contribution in [2.75, 3.05) is 6.61 Å². The van der Waals surface area contributed by atoms with Gasteiger partial charge in [0.1, 0.15) is 11.1 Å². The van der Waals surface area contributed by atoms with Gasteiger partial charge >= 0.3 is 12.0 Å². The second-order valence-corrected chi connectivity index (χ2v) is 5.63. The molecule has 0 bridgehead atoms. The second kappa shape index (κ2) is 6.30. The van der Waals surface area contributed by atoms with Crippen molar-refractivity contribution < 1.29 is 23.9 Å². The van der Waals surface area contributed by atoms with E-state index < -0.39 is 36.0 Å². The number of amides is 4. The number of carbonyl (C=O) groups excluding carboxylic acids is 4. The second-order valence-electron chi connectivity index (χ2n) is 5.63.